The van der Waals surface area contributed by atoms with Crippen LogP contribution in [0.25, 0.3) is 0 Å². The van der Waals surface area contributed by atoms with E-state index in [4.69, 9.17) is 0 Å². The monoisotopic (exact) mass is 275 g/mol. The molecular weight excluding hydrogens is 259 g/mol. The summed E-state index contributed by atoms with van der Waals surface area (Å²) >= 11 is 0. The SMILES string of the molecule is CC(C)N(CC(F)(F)F)C(=O)Cc1ccccc1O. The standard InChI is InChI=1S/C13H16F3NO2/c1-9(2)17(8-13(14,15)16)12(19)7-10-5-3-4-6-11(10)18/h3-6,9,18H,7-8H2,1-2H3. The predicted molar refractivity (Wildman–Crippen MR) is 64.7 cm³/mol. The van der Waals surface area contributed by atoms with Gasteiger partial charge in [-0.15, -0.1) is 0 Å². The average Bonchev–Trinajstić information content (AvgIpc) is 2.27. The Labute approximate surface area is 109 Å². The van der Waals surface area contributed by atoms with Gasteiger partial charge in [-0.05, 0) is 19.9 Å². The molecule has 0 aliphatic heterocycles. The lowest BCUT2D eigenvalue weighted by Gasteiger charge is -2.27. The van der Waals surface area contributed by atoms with Crippen molar-refractivity contribution in [2.24, 2.45) is 0 Å². The maximum absolute atomic E-state index is 12.4. The fourth-order valence-corrected chi connectivity index (χ4v) is 1.68. The van der Waals surface area contributed by atoms with Crippen LogP contribution in [-0.2, 0) is 11.2 Å². The Balaban J connectivity index is 2.81. The molecule has 0 fully saturated rings. The minimum atomic E-state index is -4.43. The zero-order chi connectivity index (χ0) is 14.6. The normalized spacial score (nSPS) is 11.7. The van der Waals surface area contributed by atoms with Crippen molar-refractivity contribution in [2.75, 3.05) is 6.54 Å². The van der Waals surface area contributed by atoms with E-state index < -0.39 is 24.7 Å². The number of phenolic OH excluding ortho intramolecular Hbond substituents is 1. The van der Waals surface area contributed by atoms with E-state index in [1.54, 1.807) is 12.1 Å². The number of phenols is 1. The number of hydrogen-bond donors (Lipinski definition) is 1. The Kier molecular flexibility index (Phi) is 4.80. The highest BCUT2D eigenvalue weighted by Gasteiger charge is 2.34. The summed E-state index contributed by atoms with van der Waals surface area (Å²) in [4.78, 5) is 12.7. The number of hydrogen-bond acceptors (Lipinski definition) is 2. The van der Waals surface area contributed by atoms with Crippen LogP contribution >= 0.6 is 0 Å². The molecule has 19 heavy (non-hydrogen) atoms. The summed E-state index contributed by atoms with van der Waals surface area (Å²) in [5.74, 6) is -0.750. The van der Waals surface area contributed by atoms with Gasteiger partial charge < -0.3 is 10.0 Å². The van der Waals surface area contributed by atoms with E-state index in [9.17, 15) is 23.1 Å². The smallest absolute Gasteiger partial charge is 0.406 e. The van der Waals surface area contributed by atoms with E-state index in [0.29, 0.717) is 5.56 Å². The zero-order valence-corrected chi connectivity index (χ0v) is 10.7. The van der Waals surface area contributed by atoms with Crippen LogP contribution < -0.4 is 0 Å². The first kappa shape index (κ1) is 15.3. The van der Waals surface area contributed by atoms with Gasteiger partial charge >= 0.3 is 6.18 Å². The second kappa shape index (κ2) is 5.95. The van der Waals surface area contributed by atoms with Crippen LogP contribution in [0.1, 0.15) is 19.4 Å². The van der Waals surface area contributed by atoms with Gasteiger partial charge in [0.2, 0.25) is 5.91 Å². The maximum atomic E-state index is 12.4. The van der Waals surface area contributed by atoms with Gasteiger partial charge in [-0.1, -0.05) is 18.2 Å². The third-order valence-corrected chi connectivity index (χ3v) is 2.63. The van der Waals surface area contributed by atoms with Crippen LogP contribution in [0.4, 0.5) is 13.2 Å². The molecule has 0 unspecified atom stereocenters. The number of aromatic hydroxyl groups is 1. The lowest BCUT2D eigenvalue weighted by atomic mass is 10.1. The van der Waals surface area contributed by atoms with Crippen molar-refractivity contribution >= 4 is 5.91 Å². The number of rotatable bonds is 4. The van der Waals surface area contributed by atoms with Gasteiger partial charge in [0.05, 0.1) is 6.42 Å². The fraction of sp³-hybridized carbons (Fsp3) is 0.462. The molecule has 0 aliphatic rings. The summed E-state index contributed by atoms with van der Waals surface area (Å²) in [7, 11) is 0. The zero-order valence-electron chi connectivity index (χ0n) is 10.7. The minimum Gasteiger partial charge on any atom is -0.508 e. The highest BCUT2D eigenvalue weighted by molar-refractivity contribution is 5.79. The van der Waals surface area contributed by atoms with Crippen molar-refractivity contribution in [1.29, 1.82) is 0 Å². The van der Waals surface area contributed by atoms with E-state index in [2.05, 4.69) is 0 Å². The molecule has 106 valence electrons. The summed E-state index contributed by atoms with van der Waals surface area (Å²) in [6.07, 6.45) is -4.68. The lowest BCUT2D eigenvalue weighted by molar-refractivity contribution is -0.164. The first-order valence-electron chi connectivity index (χ1n) is 5.84. The molecule has 3 nitrogen and oxygen atoms in total. The number of para-hydroxylation sites is 1. The minimum absolute atomic E-state index is 0.0911. The first-order valence-corrected chi connectivity index (χ1v) is 5.84. The first-order chi connectivity index (χ1) is 8.70. The van der Waals surface area contributed by atoms with Gasteiger partial charge in [-0.2, -0.15) is 13.2 Å². The summed E-state index contributed by atoms with van der Waals surface area (Å²) in [6.45, 7) is 1.76. The van der Waals surface area contributed by atoms with E-state index in [-0.39, 0.29) is 12.2 Å². The largest absolute Gasteiger partial charge is 0.508 e. The van der Waals surface area contributed by atoms with Crippen LogP contribution in [0.5, 0.6) is 5.75 Å². The summed E-state index contributed by atoms with van der Waals surface area (Å²) in [6, 6.07) is 5.55. The van der Waals surface area contributed by atoms with Crippen molar-refractivity contribution in [3.63, 3.8) is 0 Å². The van der Waals surface area contributed by atoms with E-state index in [0.717, 1.165) is 4.90 Å². The number of alkyl halides is 3. The van der Waals surface area contributed by atoms with E-state index in [1.807, 2.05) is 0 Å². The average molecular weight is 275 g/mol. The molecule has 0 bridgehead atoms. The summed E-state index contributed by atoms with van der Waals surface area (Å²) in [5.41, 5.74) is 0.320. The fourth-order valence-electron chi connectivity index (χ4n) is 1.68. The van der Waals surface area contributed by atoms with Gasteiger partial charge in [-0.3, -0.25) is 4.79 Å². The van der Waals surface area contributed by atoms with Crippen LogP contribution in [0.2, 0.25) is 0 Å². The second-order valence-electron chi connectivity index (χ2n) is 4.54. The number of carbonyl (C=O) groups is 1. The van der Waals surface area contributed by atoms with Crippen molar-refractivity contribution in [3.8, 4) is 5.75 Å². The van der Waals surface area contributed by atoms with Gasteiger partial charge in [0.15, 0.2) is 0 Å². The third kappa shape index (κ3) is 4.81. The number of carbonyl (C=O) groups excluding carboxylic acids is 1. The molecule has 1 amide bonds. The van der Waals surface area contributed by atoms with Crippen LogP contribution in [0, 0.1) is 0 Å². The molecular formula is C13H16F3NO2. The second-order valence-corrected chi connectivity index (χ2v) is 4.54. The molecule has 1 N–H and O–H groups in total. The molecule has 1 aromatic carbocycles. The highest BCUT2D eigenvalue weighted by Crippen LogP contribution is 2.21. The van der Waals surface area contributed by atoms with Crippen LogP contribution in [0.15, 0.2) is 24.3 Å². The molecule has 0 aliphatic carbocycles. The highest BCUT2D eigenvalue weighted by atomic mass is 19.4. The molecule has 0 saturated heterocycles. The Morgan fingerprint density at radius 2 is 1.89 bits per heavy atom. The number of halogens is 3. The van der Waals surface area contributed by atoms with Crippen molar-refractivity contribution in [1.82, 2.24) is 4.90 Å². The Bertz CT molecular complexity index is 444. The molecule has 0 aromatic heterocycles. The molecule has 0 saturated carbocycles. The van der Waals surface area contributed by atoms with Crippen molar-refractivity contribution < 1.29 is 23.1 Å². The van der Waals surface area contributed by atoms with E-state index >= 15 is 0 Å². The number of nitrogens with zero attached hydrogens (tertiary/aromatic N) is 1. The number of benzene rings is 1. The van der Waals surface area contributed by atoms with Crippen LogP contribution in [-0.4, -0.2) is 34.7 Å². The Morgan fingerprint density at radius 1 is 1.32 bits per heavy atom. The Hall–Kier alpha value is -1.72. The summed E-state index contributed by atoms with van der Waals surface area (Å²) < 4.78 is 37.2. The van der Waals surface area contributed by atoms with Crippen molar-refractivity contribution in [3.05, 3.63) is 29.8 Å². The molecule has 0 radical (unpaired) electrons. The van der Waals surface area contributed by atoms with Gasteiger partial charge in [0, 0.05) is 11.6 Å². The molecule has 0 atom stereocenters. The molecule has 6 heteroatoms. The molecule has 1 aromatic rings. The lowest BCUT2D eigenvalue weighted by Crippen LogP contribution is -2.44. The molecule has 0 heterocycles. The van der Waals surface area contributed by atoms with Gasteiger partial charge in [-0.25, -0.2) is 0 Å². The van der Waals surface area contributed by atoms with E-state index in [1.165, 1.54) is 26.0 Å². The van der Waals surface area contributed by atoms with Gasteiger partial charge in [0.25, 0.3) is 0 Å². The topological polar surface area (TPSA) is 40.5 Å². The van der Waals surface area contributed by atoms with Gasteiger partial charge in [0.1, 0.15) is 12.3 Å². The Morgan fingerprint density at radius 3 is 2.37 bits per heavy atom. The quantitative estimate of drug-likeness (QED) is 0.917. The predicted octanol–water partition coefficient (Wildman–Crippen LogP) is 2.73. The van der Waals surface area contributed by atoms with Crippen molar-refractivity contribution in [2.45, 2.75) is 32.5 Å². The number of amides is 1. The molecule has 1 rings (SSSR count). The summed E-state index contributed by atoms with van der Waals surface area (Å²) in [5, 5.41) is 9.52. The maximum Gasteiger partial charge on any atom is 0.406 e. The third-order valence-electron chi connectivity index (χ3n) is 2.63. The van der Waals surface area contributed by atoms with Crippen LogP contribution in [0.3, 0.4) is 0 Å². The molecule has 0 spiro atoms.